The molecule has 0 atom stereocenters. The number of nitrogen functional groups attached to an aromatic ring is 1. The quantitative estimate of drug-likeness (QED) is 0.660. The maximum Gasteiger partial charge on any atom is 0.350 e. The van der Waals surface area contributed by atoms with Crippen molar-refractivity contribution in [2.75, 3.05) is 18.9 Å². The van der Waals surface area contributed by atoms with Crippen molar-refractivity contribution < 1.29 is 9.53 Å². The van der Waals surface area contributed by atoms with Crippen molar-refractivity contribution in [3.63, 3.8) is 0 Å². The van der Waals surface area contributed by atoms with Crippen LogP contribution < -0.4 is 11.1 Å². The molecule has 1 aliphatic heterocycles. The molecule has 4 nitrogen and oxygen atoms in total. The first-order valence-electron chi connectivity index (χ1n) is 6.02. The fourth-order valence-corrected chi connectivity index (χ4v) is 3.00. The summed E-state index contributed by atoms with van der Waals surface area (Å²) in [4.78, 5) is 13.7. The van der Waals surface area contributed by atoms with Gasteiger partial charge in [-0.15, -0.1) is 23.7 Å². The van der Waals surface area contributed by atoms with E-state index in [2.05, 4.69) is 12.2 Å². The molecule has 102 valence electrons. The van der Waals surface area contributed by atoms with E-state index in [4.69, 9.17) is 10.5 Å². The molecule has 0 fully saturated rings. The van der Waals surface area contributed by atoms with Crippen LogP contribution in [0.15, 0.2) is 0 Å². The molecule has 1 aromatic heterocycles. The first kappa shape index (κ1) is 15.3. The van der Waals surface area contributed by atoms with Crippen LogP contribution in [-0.2, 0) is 17.7 Å². The first-order valence-corrected chi connectivity index (χ1v) is 6.83. The van der Waals surface area contributed by atoms with Gasteiger partial charge in [0.1, 0.15) is 4.88 Å². The summed E-state index contributed by atoms with van der Waals surface area (Å²) >= 11 is 1.49. The van der Waals surface area contributed by atoms with Crippen LogP contribution in [0.5, 0.6) is 0 Å². The number of hydrogen-bond donors (Lipinski definition) is 2. The van der Waals surface area contributed by atoms with Gasteiger partial charge in [0.15, 0.2) is 0 Å². The lowest BCUT2D eigenvalue weighted by molar-refractivity contribution is 0.0506. The van der Waals surface area contributed by atoms with Gasteiger partial charge in [0.25, 0.3) is 0 Å². The van der Waals surface area contributed by atoms with Crippen LogP contribution in [0.25, 0.3) is 0 Å². The van der Waals surface area contributed by atoms with Crippen molar-refractivity contribution in [3.8, 4) is 0 Å². The number of halogens is 1. The van der Waals surface area contributed by atoms with E-state index >= 15 is 0 Å². The summed E-state index contributed by atoms with van der Waals surface area (Å²) in [6.45, 7) is 4.27. The molecular formula is C12H19ClN2O2S. The normalized spacial score (nSPS) is 13.6. The number of hydrogen-bond acceptors (Lipinski definition) is 5. The summed E-state index contributed by atoms with van der Waals surface area (Å²) in [7, 11) is 0. The Labute approximate surface area is 117 Å². The molecule has 0 saturated carbocycles. The zero-order valence-electron chi connectivity index (χ0n) is 10.5. The lowest BCUT2D eigenvalue weighted by Gasteiger charge is -2.12. The van der Waals surface area contributed by atoms with Gasteiger partial charge < -0.3 is 15.8 Å². The van der Waals surface area contributed by atoms with E-state index in [9.17, 15) is 4.79 Å². The molecular weight excluding hydrogens is 272 g/mol. The maximum atomic E-state index is 11.8. The molecule has 0 spiro atoms. The second kappa shape index (κ2) is 6.97. The number of esters is 1. The second-order valence-electron chi connectivity index (χ2n) is 4.16. The molecule has 2 rings (SSSR count). The summed E-state index contributed by atoms with van der Waals surface area (Å²) in [5.41, 5.74) is 7.70. The highest BCUT2D eigenvalue weighted by Crippen LogP contribution is 2.33. The predicted molar refractivity (Wildman–Crippen MR) is 76.6 cm³/mol. The number of fused-ring (bicyclic) bond motifs is 1. The maximum absolute atomic E-state index is 11.8. The highest BCUT2D eigenvalue weighted by molar-refractivity contribution is 7.14. The van der Waals surface area contributed by atoms with Gasteiger partial charge in [-0.2, -0.15) is 0 Å². The Morgan fingerprint density at radius 1 is 1.56 bits per heavy atom. The third kappa shape index (κ3) is 3.16. The van der Waals surface area contributed by atoms with E-state index in [-0.39, 0.29) is 18.4 Å². The minimum atomic E-state index is -0.268. The number of nitrogens with two attached hydrogens (primary N) is 1. The SMILES string of the molecule is CCCCOC(=O)c1sc2c(c1N)CNCC2.Cl. The molecule has 0 aliphatic carbocycles. The molecule has 0 unspecified atom stereocenters. The summed E-state index contributed by atoms with van der Waals surface area (Å²) in [6.07, 6.45) is 2.87. The Balaban J connectivity index is 0.00000162. The van der Waals surface area contributed by atoms with Crippen molar-refractivity contribution in [2.24, 2.45) is 0 Å². The summed E-state index contributed by atoms with van der Waals surface area (Å²) in [5, 5.41) is 3.26. The number of nitrogens with one attached hydrogen (secondary N) is 1. The molecule has 3 N–H and O–H groups in total. The molecule has 0 aromatic carbocycles. The van der Waals surface area contributed by atoms with Gasteiger partial charge in [-0.05, 0) is 12.8 Å². The standard InChI is InChI=1S/C12H18N2O2S.ClH/c1-2-3-6-16-12(15)11-10(13)8-7-14-5-4-9(8)17-11;/h14H,2-7,13H2,1H3;1H. The number of carbonyl (C=O) groups excluding carboxylic acids is 1. The predicted octanol–water partition coefficient (Wildman–Crippen LogP) is 2.35. The van der Waals surface area contributed by atoms with Crippen molar-refractivity contribution in [3.05, 3.63) is 15.3 Å². The Kier molecular flexibility index (Phi) is 5.91. The largest absolute Gasteiger partial charge is 0.461 e. The minimum Gasteiger partial charge on any atom is -0.461 e. The molecule has 6 heteroatoms. The minimum absolute atomic E-state index is 0. The van der Waals surface area contributed by atoms with Crippen LogP contribution in [0.4, 0.5) is 5.69 Å². The van der Waals surface area contributed by atoms with E-state index in [1.807, 2.05) is 0 Å². The summed E-state index contributed by atoms with van der Waals surface area (Å²) in [6, 6.07) is 0. The molecule has 0 radical (unpaired) electrons. The van der Waals surface area contributed by atoms with E-state index in [1.54, 1.807) is 0 Å². The molecule has 2 heterocycles. The number of anilines is 1. The topological polar surface area (TPSA) is 64.3 Å². The fourth-order valence-electron chi connectivity index (χ4n) is 1.86. The van der Waals surface area contributed by atoms with Gasteiger partial charge in [-0.1, -0.05) is 13.3 Å². The van der Waals surface area contributed by atoms with Crippen LogP contribution in [0, 0.1) is 0 Å². The third-order valence-corrected chi connectivity index (χ3v) is 4.17. The van der Waals surface area contributed by atoms with Crippen LogP contribution in [0.1, 0.15) is 39.9 Å². The zero-order valence-corrected chi connectivity index (χ0v) is 12.1. The lowest BCUT2D eigenvalue weighted by Crippen LogP contribution is -2.22. The molecule has 18 heavy (non-hydrogen) atoms. The molecule has 1 aromatic rings. The number of carbonyl (C=O) groups is 1. The zero-order chi connectivity index (χ0) is 12.3. The van der Waals surface area contributed by atoms with Gasteiger partial charge in [-0.3, -0.25) is 0 Å². The smallest absolute Gasteiger partial charge is 0.350 e. The average Bonchev–Trinajstić information content (AvgIpc) is 2.68. The molecule has 1 aliphatic rings. The van der Waals surface area contributed by atoms with Gasteiger partial charge in [0, 0.05) is 23.5 Å². The van der Waals surface area contributed by atoms with Gasteiger partial charge >= 0.3 is 5.97 Å². The van der Waals surface area contributed by atoms with Crippen molar-refractivity contribution in [2.45, 2.75) is 32.7 Å². The summed E-state index contributed by atoms with van der Waals surface area (Å²) < 4.78 is 5.20. The van der Waals surface area contributed by atoms with Crippen molar-refractivity contribution >= 4 is 35.4 Å². The van der Waals surface area contributed by atoms with Gasteiger partial charge in [0.05, 0.1) is 12.3 Å². The second-order valence-corrected chi connectivity index (χ2v) is 5.27. The Morgan fingerprint density at radius 3 is 3.00 bits per heavy atom. The van der Waals surface area contributed by atoms with E-state index < -0.39 is 0 Å². The average molecular weight is 291 g/mol. The van der Waals surface area contributed by atoms with Crippen LogP contribution in [0.2, 0.25) is 0 Å². The number of rotatable bonds is 4. The van der Waals surface area contributed by atoms with Gasteiger partial charge in [-0.25, -0.2) is 4.79 Å². The summed E-state index contributed by atoms with van der Waals surface area (Å²) in [5.74, 6) is -0.268. The van der Waals surface area contributed by atoms with Crippen molar-refractivity contribution in [1.29, 1.82) is 0 Å². The highest BCUT2D eigenvalue weighted by atomic mass is 35.5. The highest BCUT2D eigenvalue weighted by Gasteiger charge is 2.23. The van der Waals surface area contributed by atoms with Crippen molar-refractivity contribution in [1.82, 2.24) is 5.32 Å². The Bertz CT molecular complexity index is 420. The van der Waals surface area contributed by atoms with E-state index in [1.165, 1.54) is 16.2 Å². The lowest BCUT2D eigenvalue weighted by atomic mass is 10.1. The Hall–Kier alpha value is -0.780. The molecule has 0 amide bonds. The van der Waals surface area contributed by atoms with E-state index in [0.717, 1.165) is 37.9 Å². The monoisotopic (exact) mass is 290 g/mol. The number of unbranched alkanes of at least 4 members (excludes halogenated alkanes) is 1. The first-order chi connectivity index (χ1) is 8.24. The van der Waals surface area contributed by atoms with Crippen LogP contribution in [0.3, 0.4) is 0 Å². The van der Waals surface area contributed by atoms with E-state index in [0.29, 0.717) is 17.2 Å². The third-order valence-electron chi connectivity index (χ3n) is 2.88. The molecule has 0 bridgehead atoms. The van der Waals surface area contributed by atoms with Gasteiger partial charge in [0.2, 0.25) is 0 Å². The Morgan fingerprint density at radius 2 is 2.33 bits per heavy atom. The molecule has 0 saturated heterocycles. The van der Waals surface area contributed by atoms with Crippen LogP contribution in [-0.4, -0.2) is 19.1 Å². The van der Waals surface area contributed by atoms with Crippen LogP contribution >= 0.6 is 23.7 Å². The number of thiophene rings is 1. The number of ether oxygens (including phenoxy) is 1. The fraction of sp³-hybridized carbons (Fsp3) is 0.583.